The van der Waals surface area contributed by atoms with E-state index in [0.29, 0.717) is 0 Å². The Morgan fingerprint density at radius 2 is 1.36 bits per heavy atom. The van der Waals surface area contributed by atoms with E-state index in [9.17, 15) is 29.1 Å². The van der Waals surface area contributed by atoms with Crippen molar-refractivity contribution in [2.24, 2.45) is 0 Å². The Bertz CT molecular complexity index is 1070. The molecule has 3 aromatic rings. The second-order valence-electron chi connectivity index (χ2n) is 4.83. The number of aliphatic hydroxyl groups is 1. The molecule has 22 heavy (non-hydrogen) atoms. The van der Waals surface area contributed by atoms with Crippen LogP contribution in [0.25, 0.3) is 21.5 Å². The van der Waals surface area contributed by atoms with E-state index in [1.807, 2.05) is 0 Å². The second kappa shape index (κ2) is 3.98. The third-order valence-corrected chi connectivity index (χ3v) is 3.45. The predicted octanol–water partition coefficient (Wildman–Crippen LogP) is -1.21. The Kier molecular flexibility index (Phi) is 2.51. The molecule has 0 bridgehead atoms. The Morgan fingerprint density at radius 1 is 0.955 bits per heavy atom. The van der Waals surface area contributed by atoms with Crippen molar-refractivity contribution in [3.05, 3.63) is 53.3 Å². The normalized spacial score (nSPS) is 14.5. The van der Waals surface area contributed by atoms with Crippen LogP contribution in [0.15, 0.2) is 34.1 Å². The van der Waals surface area contributed by atoms with Gasteiger partial charge in [-0.2, -0.15) is 0 Å². The summed E-state index contributed by atoms with van der Waals surface area (Å²) in [5.41, 5.74) is -8.07. The van der Waals surface area contributed by atoms with Crippen LogP contribution in [-0.4, -0.2) is 16.2 Å². The van der Waals surface area contributed by atoms with Crippen molar-refractivity contribution in [2.45, 2.75) is 12.5 Å². The molecular formula is C13H6O9. The number of carboxylic acids is 1. The summed E-state index contributed by atoms with van der Waals surface area (Å²) >= 11 is 0. The lowest BCUT2D eigenvalue weighted by molar-refractivity contribution is -0.157. The van der Waals surface area contributed by atoms with E-state index in [1.165, 1.54) is 0 Å². The van der Waals surface area contributed by atoms with Crippen LogP contribution < -0.4 is 22.5 Å². The maximum Gasteiger partial charge on any atom is 0.347 e. The zero-order chi connectivity index (χ0) is 16.4. The molecule has 0 aliphatic heterocycles. The van der Waals surface area contributed by atoms with Crippen molar-refractivity contribution in [1.29, 1.82) is 0 Å². The number of rotatable bonds is 2. The highest BCUT2D eigenvalue weighted by molar-refractivity contribution is 6.04. The zero-order valence-electron chi connectivity index (χ0n) is 10.8. The van der Waals surface area contributed by atoms with E-state index in [-0.39, 0.29) is 0 Å². The summed E-state index contributed by atoms with van der Waals surface area (Å²) in [6.45, 7) is 0.803. The number of hydrogen-bond donors (Lipinski definition) is 2. The first-order chi connectivity index (χ1) is 10.2. The summed E-state index contributed by atoms with van der Waals surface area (Å²) in [7, 11) is 0. The van der Waals surface area contributed by atoms with E-state index >= 15 is 0 Å². The van der Waals surface area contributed by atoms with E-state index in [2.05, 4.69) is 8.83 Å². The van der Waals surface area contributed by atoms with Crippen LogP contribution in [0, 0.1) is 0 Å². The molecule has 2 heterocycles. The average molecular weight is 306 g/mol. The van der Waals surface area contributed by atoms with Gasteiger partial charge in [0.05, 0.1) is 21.5 Å². The van der Waals surface area contributed by atoms with E-state index in [1.54, 1.807) is 0 Å². The summed E-state index contributed by atoms with van der Waals surface area (Å²) in [6, 6.07) is 0.909. The van der Waals surface area contributed by atoms with Gasteiger partial charge in [0.1, 0.15) is 0 Å². The highest BCUT2D eigenvalue weighted by Crippen LogP contribution is 2.31. The highest BCUT2D eigenvalue weighted by Gasteiger charge is 2.39. The number of carbonyl (C=O) groups is 1. The highest BCUT2D eigenvalue weighted by atomic mass is 16.4. The molecule has 9 heteroatoms. The van der Waals surface area contributed by atoms with Gasteiger partial charge in [-0.05, 0) is 13.0 Å². The summed E-state index contributed by atoms with van der Waals surface area (Å²) in [5, 5.41) is 17.3. The minimum absolute atomic E-state index is 0.410. The van der Waals surface area contributed by atoms with Crippen molar-refractivity contribution in [3.8, 4) is 0 Å². The van der Waals surface area contributed by atoms with Gasteiger partial charge in [0.25, 0.3) is 0 Å². The molecule has 1 aromatic carbocycles. The number of furan rings is 2. The molecule has 0 aliphatic rings. The number of benzene rings is 1. The van der Waals surface area contributed by atoms with Gasteiger partial charge in [-0.25, -0.2) is 24.0 Å². The van der Waals surface area contributed by atoms with Crippen molar-refractivity contribution in [1.82, 2.24) is 0 Å². The summed E-state index contributed by atoms with van der Waals surface area (Å²) < 4.78 is 8.70. The molecule has 0 saturated carbocycles. The predicted molar refractivity (Wildman–Crippen MR) is 70.6 cm³/mol. The third-order valence-electron chi connectivity index (χ3n) is 3.45. The molecule has 3 rings (SSSR count). The lowest BCUT2D eigenvalue weighted by Gasteiger charge is -2.19. The quantitative estimate of drug-likeness (QED) is 0.593. The molecule has 1 unspecified atom stereocenters. The lowest BCUT2D eigenvalue weighted by Crippen LogP contribution is -2.33. The van der Waals surface area contributed by atoms with Crippen LogP contribution in [0.3, 0.4) is 0 Å². The van der Waals surface area contributed by atoms with Crippen molar-refractivity contribution < 1.29 is 23.8 Å². The van der Waals surface area contributed by atoms with Crippen LogP contribution >= 0.6 is 0 Å². The SMILES string of the molecule is CC(O)(C(=O)O)c1c2c(=O)oc(=O)c2cc2c(=O)oc(=O)c12. The molecular weight excluding hydrogens is 300 g/mol. The number of carboxylic acid groups (broad SMARTS) is 1. The van der Waals surface area contributed by atoms with Crippen LogP contribution in [0.4, 0.5) is 0 Å². The van der Waals surface area contributed by atoms with Crippen LogP contribution in [-0.2, 0) is 10.4 Å². The Labute approximate surface area is 118 Å². The lowest BCUT2D eigenvalue weighted by atomic mass is 9.89. The molecule has 2 N–H and O–H groups in total. The molecule has 0 aliphatic carbocycles. The number of hydrogen-bond acceptors (Lipinski definition) is 8. The monoisotopic (exact) mass is 306 g/mol. The first kappa shape index (κ1) is 13.9. The van der Waals surface area contributed by atoms with Gasteiger partial charge in [-0.1, -0.05) is 0 Å². The molecule has 0 saturated heterocycles. The van der Waals surface area contributed by atoms with Crippen molar-refractivity contribution in [2.75, 3.05) is 0 Å². The molecule has 2 aromatic heterocycles. The molecule has 0 radical (unpaired) electrons. The van der Waals surface area contributed by atoms with Gasteiger partial charge in [0.15, 0.2) is 5.60 Å². The second-order valence-corrected chi connectivity index (χ2v) is 4.83. The number of fused-ring (bicyclic) bond motifs is 2. The molecule has 1 atom stereocenters. The van der Waals surface area contributed by atoms with Crippen LogP contribution in [0.2, 0.25) is 0 Å². The Balaban J connectivity index is 2.80. The van der Waals surface area contributed by atoms with Gasteiger partial charge in [0, 0.05) is 5.56 Å². The van der Waals surface area contributed by atoms with Gasteiger partial charge in [-0.15, -0.1) is 0 Å². The van der Waals surface area contributed by atoms with E-state index < -0.39 is 61.2 Å². The number of aliphatic carboxylic acids is 1. The first-order valence-corrected chi connectivity index (χ1v) is 5.86. The van der Waals surface area contributed by atoms with Gasteiger partial charge < -0.3 is 19.0 Å². The Hall–Kier alpha value is -3.07. The fraction of sp³-hybridized carbons (Fsp3) is 0.154. The van der Waals surface area contributed by atoms with E-state index in [0.717, 1.165) is 13.0 Å². The van der Waals surface area contributed by atoms with Crippen LogP contribution in [0.1, 0.15) is 12.5 Å². The van der Waals surface area contributed by atoms with Crippen LogP contribution in [0.5, 0.6) is 0 Å². The van der Waals surface area contributed by atoms with Gasteiger partial charge in [-0.3, -0.25) is 0 Å². The summed E-state index contributed by atoms with van der Waals surface area (Å²) in [5.74, 6) is -1.79. The minimum atomic E-state index is -2.72. The van der Waals surface area contributed by atoms with Crippen molar-refractivity contribution in [3.63, 3.8) is 0 Å². The van der Waals surface area contributed by atoms with Crippen molar-refractivity contribution >= 4 is 27.5 Å². The molecule has 112 valence electrons. The maximum atomic E-state index is 11.8. The Morgan fingerprint density at radius 3 is 1.73 bits per heavy atom. The first-order valence-electron chi connectivity index (χ1n) is 5.86. The fourth-order valence-electron chi connectivity index (χ4n) is 2.40. The summed E-state index contributed by atoms with van der Waals surface area (Å²) in [6.07, 6.45) is 0. The summed E-state index contributed by atoms with van der Waals surface area (Å²) in [4.78, 5) is 58.0. The molecule has 0 spiro atoms. The standard InChI is InChI=1S/C13H6O9/c1-13(20,12(18)19)7-5-3(8(14)21-10(5)16)2-4-6(7)11(17)22-9(4)15/h2,20H,1H3,(H,18,19). The molecule has 9 nitrogen and oxygen atoms in total. The topological polar surface area (TPSA) is 152 Å². The molecule has 0 amide bonds. The largest absolute Gasteiger partial charge is 0.479 e. The zero-order valence-corrected chi connectivity index (χ0v) is 10.8. The average Bonchev–Trinajstić information content (AvgIpc) is 2.86. The van der Waals surface area contributed by atoms with Gasteiger partial charge >= 0.3 is 28.5 Å². The smallest absolute Gasteiger partial charge is 0.347 e. The minimum Gasteiger partial charge on any atom is -0.479 e. The fourth-order valence-corrected chi connectivity index (χ4v) is 2.40. The molecule has 0 fully saturated rings. The van der Waals surface area contributed by atoms with E-state index in [4.69, 9.17) is 5.11 Å². The van der Waals surface area contributed by atoms with Gasteiger partial charge in [0.2, 0.25) is 0 Å². The third kappa shape index (κ3) is 1.53. The maximum absolute atomic E-state index is 11.8.